The lowest BCUT2D eigenvalue weighted by atomic mass is 10.0. The minimum absolute atomic E-state index is 0. The Morgan fingerprint density at radius 3 is 2.67 bits per heavy atom. The number of amides is 2. The molecule has 3 N–H and O–H groups in total. The number of nitrogens with zero attached hydrogens (tertiary/aromatic N) is 4. The molecular weight excluding hydrogens is 533 g/mol. The number of carbonyl (C=O) groups is 2. The second-order valence-corrected chi connectivity index (χ2v) is 9.32. The maximum Gasteiger partial charge on any atom is 0.433 e. The molecule has 2 aromatic rings. The van der Waals surface area contributed by atoms with Crippen molar-refractivity contribution in [2.45, 2.75) is 56.6 Å². The summed E-state index contributed by atoms with van der Waals surface area (Å²) in [5.41, 5.74) is 5.31. The van der Waals surface area contributed by atoms with Gasteiger partial charge < -0.3 is 20.6 Å². The molecule has 2 unspecified atom stereocenters. The van der Waals surface area contributed by atoms with E-state index in [4.69, 9.17) is 5.73 Å². The summed E-state index contributed by atoms with van der Waals surface area (Å²) in [6.45, 7) is -0.701. The Bertz CT molecular complexity index is 1120. The summed E-state index contributed by atoms with van der Waals surface area (Å²) in [4.78, 5) is 34.6. The van der Waals surface area contributed by atoms with E-state index in [0.29, 0.717) is 10.5 Å². The monoisotopic (exact) mass is 555 g/mol. The van der Waals surface area contributed by atoms with E-state index in [1.807, 2.05) is 0 Å². The number of piperidine rings is 1. The van der Waals surface area contributed by atoms with E-state index >= 15 is 0 Å². The molecule has 36 heavy (non-hydrogen) atoms. The van der Waals surface area contributed by atoms with E-state index in [1.54, 1.807) is 16.8 Å². The van der Waals surface area contributed by atoms with Crippen LogP contribution in [0.1, 0.15) is 36.2 Å². The van der Waals surface area contributed by atoms with Crippen LogP contribution in [0.25, 0.3) is 11.4 Å². The Balaban J connectivity index is 0.00000361. The molecule has 0 spiro atoms. The molecule has 0 aromatic carbocycles. The molecule has 2 aromatic heterocycles. The van der Waals surface area contributed by atoms with Crippen molar-refractivity contribution in [3.05, 3.63) is 33.8 Å². The van der Waals surface area contributed by atoms with E-state index < -0.39 is 61.3 Å². The van der Waals surface area contributed by atoms with Gasteiger partial charge in [-0.3, -0.25) is 9.59 Å². The molecule has 2 atom stereocenters. The lowest BCUT2D eigenvalue weighted by Crippen LogP contribution is -2.58. The fraction of sp³-hybridized carbons (Fsp3) is 0.524. The Morgan fingerprint density at radius 2 is 2.03 bits per heavy atom. The average molecular weight is 556 g/mol. The van der Waals surface area contributed by atoms with Gasteiger partial charge in [-0.15, -0.1) is 12.4 Å². The quantitative estimate of drug-likeness (QED) is 0.549. The topological polar surface area (TPSA) is 113 Å². The van der Waals surface area contributed by atoms with E-state index in [9.17, 15) is 36.6 Å². The number of aromatic nitrogens is 2. The van der Waals surface area contributed by atoms with Crippen molar-refractivity contribution in [2.75, 3.05) is 13.1 Å². The second kappa shape index (κ2) is 10.5. The number of hydrogen-bond acceptors (Lipinski definition) is 7. The standard InChI is InChI=1S/C21H22F5N5O3S.ClH/c22-20(23)4-1-15(32)31(19(20)34)8-12(27)7-16(33)30-5-2-13-14(9-30)28-18(11-3-6-35-10-11)29-17(13)21(24,25)26;/h3,6,10,12,19,34H,1-2,4-5,7-9,27H2;1H. The van der Waals surface area contributed by atoms with Gasteiger partial charge in [0.25, 0.3) is 5.92 Å². The number of hydrogen-bond donors (Lipinski definition) is 2. The number of fused-ring (bicyclic) bond motifs is 1. The molecule has 2 amide bonds. The average Bonchev–Trinajstić information content (AvgIpc) is 3.33. The normalized spacial score (nSPS) is 20.5. The van der Waals surface area contributed by atoms with Crippen LogP contribution in [-0.2, 0) is 28.7 Å². The van der Waals surface area contributed by atoms with Gasteiger partial charge in [-0.25, -0.2) is 18.7 Å². The summed E-state index contributed by atoms with van der Waals surface area (Å²) in [7, 11) is 0. The van der Waals surface area contributed by atoms with Gasteiger partial charge in [-0.1, -0.05) is 0 Å². The molecule has 1 saturated heterocycles. The zero-order valence-electron chi connectivity index (χ0n) is 18.7. The van der Waals surface area contributed by atoms with Crippen molar-refractivity contribution in [1.29, 1.82) is 0 Å². The zero-order valence-corrected chi connectivity index (χ0v) is 20.3. The minimum Gasteiger partial charge on any atom is -0.368 e. The van der Waals surface area contributed by atoms with Gasteiger partial charge in [0, 0.05) is 54.9 Å². The van der Waals surface area contributed by atoms with E-state index in [1.165, 1.54) is 16.2 Å². The highest BCUT2D eigenvalue weighted by Crippen LogP contribution is 2.36. The van der Waals surface area contributed by atoms with Gasteiger partial charge >= 0.3 is 6.18 Å². The van der Waals surface area contributed by atoms with Gasteiger partial charge in [0.2, 0.25) is 11.8 Å². The first-order chi connectivity index (χ1) is 16.4. The number of aliphatic hydroxyl groups is 1. The molecule has 198 valence electrons. The first-order valence-corrected chi connectivity index (χ1v) is 11.7. The highest BCUT2D eigenvalue weighted by Gasteiger charge is 2.48. The summed E-state index contributed by atoms with van der Waals surface area (Å²) < 4.78 is 68.6. The molecule has 0 bridgehead atoms. The summed E-state index contributed by atoms with van der Waals surface area (Å²) in [6.07, 6.45) is -8.74. The first-order valence-electron chi connectivity index (χ1n) is 10.7. The number of rotatable bonds is 5. The van der Waals surface area contributed by atoms with E-state index in [2.05, 4.69) is 9.97 Å². The molecule has 1 fully saturated rings. The maximum absolute atomic E-state index is 13.8. The molecule has 8 nitrogen and oxygen atoms in total. The predicted octanol–water partition coefficient (Wildman–Crippen LogP) is 2.82. The van der Waals surface area contributed by atoms with Crippen LogP contribution < -0.4 is 5.73 Å². The van der Waals surface area contributed by atoms with Crippen LogP contribution in [-0.4, -0.2) is 68.0 Å². The lowest BCUT2D eigenvalue weighted by molar-refractivity contribution is -0.205. The number of likely N-dealkylation sites (tertiary alicyclic amines) is 1. The Kier molecular flexibility index (Phi) is 8.23. The highest BCUT2D eigenvalue weighted by molar-refractivity contribution is 7.08. The third-order valence-electron chi connectivity index (χ3n) is 6.00. The molecular formula is C21H23ClF5N5O3S. The van der Waals surface area contributed by atoms with Crippen molar-refractivity contribution in [1.82, 2.24) is 19.8 Å². The van der Waals surface area contributed by atoms with Gasteiger partial charge in [0.1, 0.15) is 0 Å². The fourth-order valence-corrected chi connectivity index (χ4v) is 4.82. The minimum atomic E-state index is -4.70. The maximum atomic E-state index is 13.8. The van der Waals surface area contributed by atoms with Crippen molar-refractivity contribution in [2.24, 2.45) is 5.73 Å². The van der Waals surface area contributed by atoms with Gasteiger partial charge in [0.15, 0.2) is 17.7 Å². The number of halogens is 6. The third kappa shape index (κ3) is 5.76. The van der Waals surface area contributed by atoms with E-state index in [-0.39, 0.29) is 55.4 Å². The molecule has 0 saturated carbocycles. The fourth-order valence-electron chi connectivity index (χ4n) is 4.18. The van der Waals surface area contributed by atoms with Crippen molar-refractivity contribution in [3.63, 3.8) is 0 Å². The number of alkyl halides is 5. The highest BCUT2D eigenvalue weighted by atomic mass is 35.5. The number of thiophene rings is 1. The smallest absolute Gasteiger partial charge is 0.368 e. The van der Waals surface area contributed by atoms with Crippen LogP contribution in [0.15, 0.2) is 16.8 Å². The third-order valence-corrected chi connectivity index (χ3v) is 6.68. The zero-order chi connectivity index (χ0) is 25.5. The van der Waals surface area contributed by atoms with Crippen LogP contribution in [0.3, 0.4) is 0 Å². The molecule has 4 heterocycles. The molecule has 0 radical (unpaired) electrons. The molecule has 15 heteroatoms. The first kappa shape index (κ1) is 28.2. The number of carbonyl (C=O) groups excluding carboxylic acids is 2. The summed E-state index contributed by atoms with van der Waals surface area (Å²) in [5.74, 6) is -4.81. The van der Waals surface area contributed by atoms with Crippen LogP contribution in [0.2, 0.25) is 0 Å². The van der Waals surface area contributed by atoms with Crippen molar-refractivity contribution >= 4 is 35.6 Å². The Morgan fingerprint density at radius 1 is 1.31 bits per heavy atom. The largest absolute Gasteiger partial charge is 0.433 e. The summed E-state index contributed by atoms with van der Waals surface area (Å²) in [5, 5.41) is 13.1. The SMILES string of the molecule is Cl.NC(CC(=O)N1CCc2c(nc(-c3ccsc3)nc2C(F)(F)F)C1)CN1C(=O)CCC(F)(F)C1O. The summed E-state index contributed by atoms with van der Waals surface area (Å²) >= 11 is 1.28. The van der Waals surface area contributed by atoms with Crippen LogP contribution in [0.4, 0.5) is 22.0 Å². The van der Waals surface area contributed by atoms with Crippen LogP contribution in [0.5, 0.6) is 0 Å². The van der Waals surface area contributed by atoms with Crippen LogP contribution >= 0.6 is 23.7 Å². The Hall–Kier alpha value is -2.42. The lowest BCUT2D eigenvalue weighted by Gasteiger charge is -2.38. The van der Waals surface area contributed by atoms with Gasteiger partial charge in [0.05, 0.1) is 12.2 Å². The number of aliphatic hydroxyl groups excluding tert-OH is 1. The second-order valence-electron chi connectivity index (χ2n) is 8.54. The molecule has 0 aliphatic carbocycles. The summed E-state index contributed by atoms with van der Waals surface area (Å²) in [6, 6.07) is 0.533. The molecule has 2 aliphatic rings. The Labute approximate surface area is 212 Å². The van der Waals surface area contributed by atoms with Crippen molar-refractivity contribution in [3.8, 4) is 11.4 Å². The number of nitrogens with two attached hydrogens (primary N) is 1. The van der Waals surface area contributed by atoms with E-state index in [0.717, 1.165) is 0 Å². The van der Waals surface area contributed by atoms with Gasteiger partial charge in [-0.05, 0) is 17.9 Å². The predicted molar refractivity (Wildman–Crippen MR) is 121 cm³/mol. The van der Waals surface area contributed by atoms with Crippen molar-refractivity contribution < 1.29 is 36.6 Å². The van der Waals surface area contributed by atoms with Gasteiger partial charge in [-0.2, -0.15) is 24.5 Å². The van der Waals surface area contributed by atoms with Crippen LogP contribution in [0, 0.1) is 0 Å². The molecule has 2 aliphatic heterocycles. The molecule has 4 rings (SSSR count).